The van der Waals surface area contributed by atoms with Crippen LogP contribution in [-0.2, 0) is 0 Å². The minimum absolute atomic E-state index is 0.768. The number of hydrogen-bond donors (Lipinski definition) is 0. The highest BCUT2D eigenvalue weighted by atomic mass is 14.3. The fourth-order valence-electron chi connectivity index (χ4n) is 2.59. The highest BCUT2D eigenvalue weighted by molar-refractivity contribution is 5.35. The standard InChI is InChI=1S/C15H20/c1-3-13-6-10-15(11-7-13)14-8-4-12(2)5-9-14/h3-4,8-9,13,15H,1-2,5-7,10-11H2. The van der Waals surface area contributed by atoms with Crippen LogP contribution < -0.4 is 0 Å². The molecule has 0 atom stereocenters. The van der Waals surface area contributed by atoms with E-state index in [0.717, 1.165) is 18.3 Å². The Morgan fingerprint density at radius 1 is 1.13 bits per heavy atom. The highest BCUT2D eigenvalue weighted by Gasteiger charge is 2.21. The molecule has 0 amide bonds. The Bertz CT molecular complexity index is 309. The van der Waals surface area contributed by atoms with Crippen molar-refractivity contribution < 1.29 is 0 Å². The third-order valence-electron chi connectivity index (χ3n) is 3.69. The molecule has 1 saturated carbocycles. The summed E-state index contributed by atoms with van der Waals surface area (Å²) < 4.78 is 0. The van der Waals surface area contributed by atoms with E-state index in [1.54, 1.807) is 5.57 Å². The SMILES string of the molecule is C=CC1CCC(C2=CCC(=C)C=C2)CC1. The summed E-state index contributed by atoms with van der Waals surface area (Å²) in [6.07, 6.45) is 15.3. The van der Waals surface area contributed by atoms with Gasteiger partial charge in [-0.25, -0.2) is 0 Å². The van der Waals surface area contributed by atoms with Gasteiger partial charge >= 0.3 is 0 Å². The Labute approximate surface area is 93.1 Å². The fraction of sp³-hybridized carbons (Fsp3) is 0.467. The molecule has 0 unspecified atom stereocenters. The van der Waals surface area contributed by atoms with Crippen molar-refractivity contribution in [3.63, 3.8) is 0 Å². The third kappa shape index (κ3) is 2.50. The zero-order valence-electron chi connectivity index (χ0n) is 9.41. The van der Waals surface area contributed by atoms with Gasteiger partial charge in [0.1, 0.15) is 0 Å². The van der Waals surface area contributed by atoms with Crippen molar-refractivity contribution in [1.29, 1.82) is 0 Å². The zero-order valence-corrected chi connectivity index (χ0v) is 9.41. The smallest absolute Gasteiger partial charge is 0.00974 e. The van der Waals surface area contributed by atoms with E-state index >= 15 is 0 Å². The lowest BCUT2D eigenvalue weighted by molar-refractivity contribution is 0.348. The normalized spacial score (nSPS) is 31.2. The molecule has 15 heavy (non-hydrogen) atoms. The van der Waals surface area contributed by atoms with Gasteiger partial charge in [0.25, 0.3) is 0 Å². The van der Waals surface area contributed by atoms with Crippen molar-refractivity contribution in [2.45, 2.75) is 32.1 Å². The first-order valence-corrected chi connectivity index (χ1v) is 5.98. The van der Waals surface area contributed by atoms with Crippen molar-refractivity contribution >= 4 is 0 Å². The second-order valence-corrected chi connectivity index (χ2v) is 4.75. The molecule has 0 nitrogen and oxygen atoms in total. The van der Waals surface area contributed by atoms with Crippen molar-refractivity contribution in [3.8, 4) is 0 Å². The summed E-state index contributed by atoms with van der Waals surface area (Å²) in [4.78, 5) is 0. The molecule has 0 saturated heterocycles. The molecule has 1 fully saturated rings. The summed E-state index contributed by atoms with van der Waals surface area (Å²) in [6, 6.07) is 0. The van der Waals surface area contributed by atoms with Crippen LogP contribution in [0.25, 0.3) is 0 Å². The summed E-state index contributed by atoms with van der Waals surface area (Å²) in [6.45, 7) is 7.87. The van der Waals surface area contributed by atoms with Gasteiger partial charge in [0.2, 0.25) is 0 Å². The molecule has 0 aromatic carbocycles. The van der Waals surface area contributed by atoms with Crippen LogP contribution in [0, 0.1) is 11.8 Å². The van der Waals surface area contributed by atoms with E-state index < -0.39 is 0 Å². The molecule has 0 bridgehead atoms. The number of hydrogen-bond acceptors (Lipinski definition) is 0. The van der Waals surface area contributed by atoms with Gasteiger partial charge in [-0.05, 0) is 49.5 Å². The molecular formula is C15H20. The second kappa shape index (κ2) is 4.65. The maximum Gasteiger partial charge on any atom is -0.00974 e. The lowest BCUT2D eigenvalue weighted by Gasteiger charge is -2.28. The molecule has 2 aliphatic carbocycles. The van der Waals surface area contributed by atoms with E-state index in [1.165, 1.54) is 31.3 Å². The lowest BCUT2D eigenvalue weighted by Crippen LogP contribution is -2.14. The Morgan fingerprint density at radius 2 is 1.87 bits per heavy atom. The quantitative estimate of drug-likeness (QED) is 0.579. The van der Waals surface area contributed by atoms with Crippen molar-refractivity contribution in [1.82, 2.24) is 0 Å². The minimum atomic E-state index is 0.768. The van der Waals surface area contributed by atoms with Gasteiger partial charge in [-0.2, -0.15) is 0 Å². The zero-order chi connectivity index (χ0) is 10.7. The highest BCUT2D eigenvalue weighted by Crippen LogP contribution is 2.35. The maximum atomic E-state index is 3.97. The van der Waals surface area contributed by atoms with Gasteiger partial charge in [-0.3, -0.25) is 0 Å². The summed E-state index contributed by atoms with van der Waals surface area (Å²) in [5.74, 6) is 1.56. The molecular weight excluding hydrogens is 180 g/mol. The summed E-state index contributed by atoms with van der Waals surface area (Å²) in [7, 11) is 0. The topological polar surface area (TPSA) is 0 Å². The molecule has 80 valence electrons. The molecule has 0 aromatic rings. The summed E-state index contributed by atoms with van der Waals surface area (Å²) in [5, 5.41) is 0. The summed E-state index contributed by atoms with van der Waals surface area (Å²) >= 11 is 0. The van der Waals surface area contributed by atoms with Crippen LogP contribution in [-0.4, -0.2) is 0 Å². The molecule has 0 radical (unpaired) electrons. The van der Waals surface area contributed by atoms with E-state index in [-0.39, 0.29) is 0 Å². The van der Waals surface area contributed by atoms with Gasteiger partial charge in [0, 0.05) is 0 Å². The average molecular weight is 200 g/mol. The van der Waals surface area contributed by atoms with Crippen LogP contribution in [0.5, 0.6) is 0 Å². The average Bonchev–Trinajstić information content (AvgIpc) is 2.30. The predicted octanol–water partition coefficient (Wildman–Crippen LogP) is 4.42. The van der Waals surface area contributed by atoms with Crippen LogP contribution >= 0.6 is 0 Å². The molecule has 2 rings (SSSR count). The van der Waals surface area contributed by atoms with Crippen LogP contribution in [0.15, 0.2) is 48.6 Å². The van der Waals surface area contributed by atoms with Crippen molar-refractivity contribution in [3.05, 3.63) is 48.6 Å². The molecule has 2 aliphatic rings. The van der Waals surface area contributed by atoms with Gasteiger partial charge < -0.3 is 0 Å². The largest absolute Gasteiger partial charge is 0.103 e. The van der Waals surface area contributed by atoms with E-state index in [0.29, 0.717) is 0 Å². The monoisotopic (exact) mass is 200 g/mol. The van der Waals surface area contributed by atoms with Crippen molar-refractivity contribution in [2.75, 3.05) is 0 Å². The minimum Gasteiger partial charge on any atom is -0.103 e. The Hall–Kier alpha value is -1.04. The molecule has 0 heteroatoms. The predicted molar refractivity (Wildman–Crippen MR) is 66.6 cm³/mol. The molecule has 0 heterocycles. The van der Waals surface area contributed by atoms with E-state index in [2.05, 4.69) is 37.5 Å². The van der Waals surface area contributed by atoms with Gasteiger partial charge in [-0.15, -0.1) is 6.58 Å². The van der Waals surface area contributed by atoms with E-state index in [9.17, 15) is 0 Å². The maximum absolute atomic E-state index is 3.97. The van der Waals surface area contributed by atoms with Gasteiger partial charge in [0.15, 0.2) is 0 Å². The first-order chi connectivity index (χ1) is 7.29. The van der Waals surface area contributed by atoms with Gasteiger partial charge in [-0.1, -0.05) is 36.5 Å². The molecule has 0 spiro atoms. The first-order valence-electron chi connectivity index (χ1n) is 5.98. The van der Waals surface area contributed by atoms with Crippen LogP contribution in [0.4, 0.5) is 0 Å². The fourth-order valence-corrected chi connectivity index (χ4v) is 2.59. The second-order valence-electron chi connectivity index (χ2n) is 4.75. The van der Waals surface area contributed by atoms with Gasteiger partial charge in [0.05, 0.1) is 0 Å². The van der Waals surface area contributed by atoms with Crippen LogP contribution in [0.1, 0.15) is 32.1 Å². The van der Waals surface area contributed by atoms with Crippen LogP contribution in [0.2, 0.25) is 0 Å². The number of allylic oxidation sites excluding steroid dienone is 6. The van der Waals surface area contributed by atoms with E-state index in [4.69, 9.17) is 0 Å². The molecule has 0 aliphatic heterocycles. The third-order valence-corrected chi connectivity index (χ3v) is 3.69. The Morgan fingerprint density at radius 3 is 2.40 bits per heavy atom. The molecule has 0 aromatic heterocycles. The molecule has 0 N–H and O–H groups in total. The van der Waals surface area contributed by atoms with E-state index in [1.807, 2.05) is 0 Å². The van der Waals surface area contributed by atoms with Crippen molar-refractivity contribution in [2.24, 2.45) is 11.8 Å². The Balaban J connectivity index is 1.94. The van der Waals surface area contributed by atoms with Crippen LogP contribution in [0.3, 0.4) is 0 Å². The number of rotatable bonds is 2. The summed E-state index contributed by atoms with van der Waals surface area (Å²) in [5.41, 5.74) is 2.78. The Kier molecular flexibility index (Phi) is 3.25. The first kappa shape index (κ1) is 10.5. The lowest BCUT2D eigenvalue weighted by atomic mass is 9.77.